The molecule has 0 radical (unpaired) electrons. The highest BCUT2D eigenvalue weighted by Gasteiger charge is 2.18. The number of carbonyl (C=O) groups is 1. The summed E-state index contributed by atoms with van der Waals surface area (Å²) in [7, 11) is 1.66. The Morgan fingerprint density at radius 2 is 2.21 bits per heavy atom. The van der Waals surface area contributed by atoms with Crippen LogP contribution >= 0.6 is 0 Å². The number of ketones is 1. The fourth-order valence-electron chi connectivity index (χ4n) is 1.00. The van der Waals surface area contributed by atoms with Crippen molar-refractivity contribution in [3.05, 3.63) is 5.82 Å². The van der Waals surface area contributed by atoms with E-state index in [1.165, 1.54) is 4.80 Å². The Morgan fingerprint density at radius 1 is 1.57 bits per heavy atom. The van der Waals surface area contributed by atoms with Crippen molar-refractivity contribution in [2.24, 2.45) is 18.7 Å². The average molecular weight is 197 g/mol. The first-order valence-corrected chi connectivity index (χ1v) is 4.52. The van der Waals surface area contributed by atoms with Crippen LogP contribution in [0, 0.1) is 5.92 Å². The summed E-state index contributed by atoms with van der Waals surface area (Å²) in [5.74, 6) is 0.330. The summed E-state index contributed by atoms with van der Waals surface area (Å²) in [4.78, 5) is 12.9. The third kappa shape index (κ3) is 2.59. The highest BCUT2D eigenvalue weighted by molar-refractivity contribution is 5.82. The molecule has 0 saturated heterocycles. The fourth-order valence-corrected chi connectivity index (χ4v) is 1.00. The van der Waals surface area contributed by atoms with Crippen LogP contribution in [0.15, 0.2) is 0 Å². The van der Waals surface area contributed by atoms with Gasteiger partial charge in [-0.2, -0.15) is 4.80 Å². The SMILES string of the molecule is CC(N)C(C)C(=O)Cc1nnn(C)n1. The van der Waals surface area contributed by atoms with Crippen molar-refractivity contribution < 1.29 is 4.79 Å². The van der Waals surface area contributed by atoms with Crippen LogP contribution in [0.2, 0.25) is 0 Å². The van der Waals surface area contributed by atoms with Crippen LogP contribution in [0.3, 0.4) is 0 Å². The molecular formula is C8H15N5O. The highest BCUT2D eigenvalue weighted by Crippen LogP contribution is 2.04. The maximum atomic E-state index is 11.6. The third-order valence-electron chi connectivity index (χ3n) is 2.18. The van der Waals surface area contributed by atoms with E-state index in [0.717, 1.165) is 0 Å². The molecule has 0 aliphatic carbocycles. The molecule has 0 spiro atoms. The Hall–Kier alpha value is -1.30. The van der Waals surface area contributed by atoms with Crippen LogP contribution in [0.5, 0.6) is 0 Å². The predicted molar refractivity (Wildman–Crippen MR) is 50.3 cm³/mol. The zero-order valence-corrected chi connectivity index (χ0v) is 8.64. The number of nitrogens with zero attached hydrogens (tertiary/aromatic N) is 4. The topological polar surface area (TPSA) is 86.7 Å². The van der Waals surface area contributed by atoms with Crippen molar-refractivity contribution in [2.45, 2.75) is 26.3 Å². The normalized spacial score (nSPS) is 15.1. The zero-order valence-electron chi connectivity index (χ0n) is 8.64. The maximum absolute atomic E-state index is 11.6. The number of hydrogen-bond acceptors (Lipinski definition) is 5. The standard InChI is InChI=1S/C8H15N5O/c1-5(6(2)9)7(14)4-8-10-12-13(3)11-8/h5-6H,4,9H2,1-3H3. The number of hydrogen-bond donors (Lipinski definition) is 1. The number of aryl methyl sites for hydroxylation is 1. The van der Waals surface area contributed by atoms with E-state index < -0.39 is 0 Å². The summed E-state index contributed by atoms with van der Waals surface area (Å²) in [6.07, 6.45) is 0.205. The van der Waals surface area contributed by atoms with Crippen LogP contribution in [0.4, 0.5) is 0 Å². The second-order valence-electron chi connectivity index (χ2n) is 3.49. The van der Waals surface area contributed by atoms with Crippen molar-refractivity contribution in [1.29, 1.82) is 0 Å². The van der Waals surface area contributed by atoms with Crippen molar-refractivity contribution in [3.8, 4) is 0 Å². The lowest BCUT2D eigenvalue weighted by Gasteiger charge is -2.12. The van der Waals surface area contributed by atoms with Crippen molar-refractivity contribution >= 4 is 5.78 Å². The number of rotatable bonds is 4. The number of Topliss-reactive ketones (excluding diaryl/α,β-unsaturated/α-hetero) is 1. The first kappa shape index (κ1) is 10.8. The van der Waals surface area contributed by atoms with Gasteiger partial charge in [0.1, 0.15) is 5.78 Å². The number of carbonyl (C=O) groups excluding carboxylic acids is 1. The van der Waals surface area contributed by atoms with Crippen LogP contribution in [0.1, 0.15) is 19.7 Å². The van der Waals surface area contributed by atoms with Gasteiger partial charge in [-0.15, -0.1) is 10.2 Å². The third-order valence-corrected chi connectivity index (χ3v) is 2.18. The van der Waals surface area contributed by atoms with Gasteiger partial charge in [0.05, 0.1) is 13.5 Å². The van der Waals surface area contributed by atoms with Crippen LogP contribution in [0.25, 0.3) is 0 Å². The first-order chi connectivity index (χ1) is 6.50. The molecular weight excluding hydrogens is 182 g/mol. The molecule has 0 amide bonds. The minimum absolute atomic E-state index is 0.0491. The average Bonchev–Trinajstić information content (AvgIpc) is 2.49. The Labute approximate surface area is 82.5 Å². The molecule has 0 saturated carbocycles. The lowest BCUT2D eigenvalue weighted by molar-refractivity contribution is -0.122. The quantitative estimate of drug-likeness (QED) is 0.690. The maximum Gasteiger partial charge on any atom is 0.182 e. The summed E-state index contributed by atoms with van der Waals surface area (Å²) in [5.41, 5.74) is 5.61. The largest absolute Gasteiger partial charge is 0.327 e. The summed E-state index contributed by atoms with van der Waals surface area (Å²) >= 11 is 0. The molecule has 0 bridgehead atoms. The van der Waals surface area contributed by atoms with Crippen LogP contribution < -0.4 is 5.73 Å². The van der Waals surface area contributed by atoms with E-state index in [4.69, 9.17) is 5.73 Å². The van der Waals surface area contributed by atoms with Gasteiger partial charge in [0.2, 0.25) is 0 Å². The summed E-state index contributed by atoms with van der Waals surface area (Å²) in [6.45, 7) is 3.62. The lowest BCUT2D eigenvalue weighted by atomic mass is 9.97. The molecule has 0 aliphatic heterocycles. The van der Waals surface area contributed by atoms with E-state index in [1.54, 1.807) is 7.05 Å². The van der Waals surface area contributed by atoms with E-state index in [-0.39, 0.29) is 24.2 Å². The Kier molecular flexibility index (Phi) is 3.29. The lowest BCUT2D eigenvalue weighted by Crippen LogP contribution is -2.31. The van der Waals surface area contributed by atoms with Gasteiger partial charge in [-0.1, -0.05) is 6.92 Å². The monoisotopic (exact) mass is 197 g/mol. The molecule has 78 valence electrons. The van der Waals surface area contributed by atoms with Gasteiger partial charge in [0, 0.05) is 12.0 Å². The van der Waals surface area contributed by atoms with E-state index in [9.17, 15) is 4.79 Å². The van der Waals surface area contributed by atoms with Gasteiger partial charge in [0.25, 0.3) is 0 Å². The molecule has 14 heavy (non-hydrogen) atoms. The molecule has 0 fully saturated rings. The molecule has 1 rings (SSSR count). The predicted octanol–water partition coefficient (Wildman–Crippen LogP) is -0.695. The summed E-state index contributed by atoms with van der Waals surface area (Å²) in [6, 6.07) is -0.140. The number of aromatic nitrogens is 4. The Morgan fingerprint density at radius 3 is 2.64 bits per heavy atom. The van der Waals surface area contributed by atoms with Gasteiger partial charge < -0.3 is 5.73 Å². The van der Waals surface area contributed by atoms with E-state index in [2.05, 4.69) is 15.4 Å². The van der Waals surface area contributed by atoms with Gasteiger partial charge in [-0.25, -0.2) is 0 Å². The van der Waals surface area contributed by atoms with E-state index in [0.29, 0.717) is 5.82 Å². The molecule has 1 heterocycles. The molecule has 2 unspecified atom stereocenters. The second kappa shape index (κ2) is 4.28. The Bertz CT molecular complexity index is 319. The first-order valence-electron chi connectivity index (χ1n) is 4.52. The molecule has 1 aromatic rings. The smallest absolute Gasteiger partial charge is 0.182 e. The van der Waals surface area contributed by atoms with Crippen molar-refractivity contribution in [2.75, 3.05) is 0 Å². The molecule has 6 heteroatoms. The zero-order chi connectivity index (χ0) is 10.7. The van der Waals surface area contributed by atoms with Gasteiger partial charge >= 0.3 is 0 Å². The number of nitrogens with two attached hydrogens (primary N) is 1. The van der Waals surface area contributed by atoms with Gasteiger partial charge in [-0.05, 0) is 12.1 Å². The fraction of sp³-hybridized carbons (Fsp3) is 0.750. The molecule has 2 N–H and O–H groups in total. The van der Waals surface area contributed by atoms with Crippen LogP contribution in [-0.4, -0.2) is 32.0 Å². The minimum atomic E-state index is -0.168. The number of tetrazole rings is 1. The van der Waals surface area contributed by atoms with E-state index >= 15 is 0 Å². The van der Waals surface area contributed by atoms with Gasteiger partial charge in [-0.3, -0.25) is 4.79 Å². The molecule has 1 aromatic heterocycles. The summed E-state index contributed by atoms with van der Waals surface area (Å²) in [5, 5.41) is 11.3. The van der Waals surface area contributed by atoms with Gasteiger partial charge in [0.15, 0.2) is 5.82 Å². The van der Waals surface area contributed by atoms with Crippen molar-refractivity contribution in [3.63, 3.8) is 0 Å². The van der Waals surface area contributed by atoms with Crippen LogP contribution in [-0.2, 0) is 18.3 Å². The van der Waals surface area contributed by atoms with Crippen molar-refractivity contribution in [1.82, 2.24) is 20.2 Å². The molecule has 2 atom stereocenters. The van der Waals surface area contributed by atoms with E-state index in [1.807, 2.05) is 13.8 Å². The summed E-state index contributed by atoms with van der Waals surface area (Å²) < 4.78 is 0. The second-order valence-corrected chi connectivity index (χ2v) is 3.49. The molecule has 0 aromatic carbocycles. The Balaban J connectivity index is 2.57. The molecule has 6 nitrogen and oxygen atoms in total. The minimum Gasteiger partial charge on any atom is -0.327 e. The highest BCUT2D eigenvalue weighted by atomic mass is 16.1. The molecule has 0 aliphatic rings.